The molecule has 5 heteroatoms. The summed E-state index contributed by atoms with van der Waals surface area (Å²) in [4.78, 5) is 21.1. The highest BCUT2D eigenvalue weighted by Gasteiger charge is 2.27. The molecular formula is C18H23N3O2. The van der Waals surface area contributed by atoms with Gasteiger partial charge in [0.2, 0.25) is 0 Å². The summed E-state index contributed by atoms with van der Waals surface area (Å²) in [5, 5.41) is 0. The number of piperazine rings is 1. The minimum absolute atomic E-state index is 0.0769. The van der Waals surface area contributed by atoms with E-state index < -0.39 is 0 Å². The first-order valence-electron chi connectivity index (χ1n) is 8.06. The van der Waals surface area contributed by atoms with Gasteiger partial charge in [-0.25, -0.2) is 0 Å². The van der Waals surface area contributed by atoms with E-state index in [9.17, 15) is 4.79 Å². The Hall–Kier alpha value is -2.14. The Morgan fingerprint density at radius 1 is 1.26 bits per heavy atom. The average molecular weight is 313 g/mol. The summed E-state index contributed by atoms with van der Waals surface area (Å²) in [6, 6.07) is 6.23. The summed E-state index contributed by atoms with van der Waals surface area (Å²) in [5.74, 6) is 1.57. The van der Waals surface area contributed by atoms with E-state index in [-0.39, 0.29) is 5.91 Å². The number of hydrogen-bond acceptors (Lipinski definition) is 4. The lowest BCUT2D eigenvalue weighted by atomic mass is 10.1. The molecule has 0 aliphatic carbocycles. The minimum Gasteiger partial charge on any atom is -0.466 e. The Bertz CT molecular complexity index is 673. The lowest BCUT2D eigenvalue weighted by Crippen LogP contribution is -2.49. The van der Waals surface area contributed by atoms with Crippen LogP contribution in [0.4, 0.5) is 0 Å². The van der Waals surface area contributed by atoms with E-state index in [1.54, 1.807) is 6.20 Å². The van der Waals surface area contributed by atoms with Crippen molar-refractivity contribution in [3.63, 3.8) is 0 Å². The molecule has 23 heavy (non-hydrogen) atoms. The number of furan rings is 1. The maximum atomic E-state index is 12.6. The van der Waals surface area contributed by atoms with Crippen LogP contribution in [0.3, 0.4) is 0 Å². The van der Waals surface area contributed by atoms with Crippen molar-refractivity contribution in [2.45, 2.75) is 26.8 Å². The molecule has 0 bridgehead atoms. The molecule has 0 radical (unpaired) electrons. The molecule has 1 aliphatic heterocycles. The monoisotopic (exact) mass is 313 g/mol. The molecule has 1 atom stereocenters. The molecule has 0 unspecified atom stereocenters. The second kappa shape index (κ2) is 6.54. The molecule has 2 aromatic heterocycles. The van der Waals surface area contributed by atoms with Crippen molar-refractivity contribution in [2.24, 2.45) is 0 Å². The first-order chi connectivity index (χ1) is 11.1. The standard InChI is InChI=1S/C18H23N3O2/c1-13-11-17(15(3)23-13)18(22)21-9-7-20(8-10-21)14(2)16-5-4-6-19-12-16/h4-6,11-12,14H,7-10H2,1-3H3/t14-/m1/s1. The number of rotatable bonds is 3. The first kappa shape index (κ1) is 15.7. The van der Waals surface area contributed by atoms with Gasteiger partial charge in [0.25, 0.3) is 5.91 Å². The van der Waals surface area contributed by atoms with Crippen molar-refractivity contribution in [2.75, 3.05) is 26.2 Å². The van der Waals surface area contributed by atoms with Gasteiger partial charge in [0.15, 0.2) is 0 Å². The molecular weight excluding hydrogens is 290 g/mol. The van der Waals surface area contributed by atoms with Gasteiger partial charge in [0.05, 0.1) is 5.56 Å². The van der Waals surface area contributed by atoms with Crippen LogP contribution in [0.5, 0.6) is 0 Å². The lowest BCUT2D eigenvalue weighted by Gasteiger charge is -2.38. The van der Waals surface area contributed by atoms with Crippen LogP contribution in [0.15, 0.2) is 35.0 Å². The smallest absolute Gasteiger partial charge is 0.257 e. The minimum atomic E-state index is 0.0769. The summed E-state index contributed by atoms with van der Waals surface area (Å²) in [7, 11) is 0. The Morgan fingerprint density at radius 3 is 2.57 bits per heavy atom. The SMILES string of the molecule is Cc1cc(C(=O)N2CCN([C@H](C)c3cccnc3)CC2)c(C)o1. The van der Waals surface area contributed by atoms with Gasteiger partial charge in [-0.15, -0.1) is 0 Å². The number of carbonyl (C=O) groups is 1. The van der Waals surface area contributed by atoms with Crippen molar-refractivity contribution >= 4 is 5.91 Å². The molecule has 2 aromatic rings. The summed E-state index contributed by atoms with van der Waals surface area (Å²) < 4.78 is 5.48. The summed E-state index contributed by atoms with van der Waals surface area (Å²) in [6.45, 7) is 9.14. The highest BCUT2D eigenvalue weighted by molar-refractivity contribution is 5.95. The van der Waals surface area contributed by atoms with E-state index in [4.69, 9.17) is 4.42 Å². The maximum Gasteiger partial charge on any atom is 0.257 e. The van der Waals surface area contributed by atoms with Crippen molar-refractivity contribution in [3.05, 3.63) is 53.2 Å². The van der Waals surface area contributed by atoms with Gasteiger partial charge in [-0.05, 0) is 38.5 Å². The van der Waals surface area contributed by atoms with Gasteiger partial charge in [-0.3, -0.25) is 14.7 Å². The van der Waals surface area contributed by atoms with Crippen LogP contribution in [0.2, 0.25) is 0 Å². The molecule has 0 N–H and O–H groups in total. The Kier molecular flexibility index (Phi) is 4.48. The quantitative estimate of drug-likeness (QED) is 0.874. The molecule has 3 rings (SSSR count). The van der Waals surface area contributed by atoms with E-state index in [1.165, 1.54) is 5.56 Å². The van der Waals surface area contributed by atoms with Gasteiger partial charge in [-0.2, -0.15) is 0 Å². The number of aryl methyl sites for hydroxylation is 2. The van der Waals surface area contributed by atoms with E-state index in [0.717, 1.165) is 31.9 Å². The number of aromatic nitrogens is 1. The van der Waals surface area contributed by atoms with Crippen molar-refractivity contribution in [1.82, 2.24) is 14.8 Å². The Balaban J connectivity index is 1.62. The van der Waals surface area contributed by atoms with Crippen molar-refractivity contribution < 1.29 is 9.21 Å². The predicted molar refractivity (Wildman–Crippen MR) is 88.3 cm³/mol. The second-order valence-electron chi connectivity index (χ2n) is 6.12. The van der Waals surface area contributed by atoms with Crippen molar-refractivity contribution in [3.8, 4) is 0 Å². The summed E-state index contributed by atoms with van der Waals surface area (Å²) >= 11 is 0. The highest BCUT2D eigenvalue weighted by atomic mass is 16.3. The fourth-order valence-electron chi connectivity index (χ4n) is 3.16. The molecule has 1 saturated heterocycles. The number of nitrogens with zero attached hydrogens (tertiary/aromatic N) is 3. The van der Waals surface area contributed by atoms with Gasteiger partial charge < -0.3 is 9.32 Å². The largest absolute Gasteiger partial charge is 0.466 e. The molecule has 5 nitrogen and oxygen atoms in total. The number of pyridine rings is 1. The van der Waals surface area contributed by atoms with E-state index in [0.29, 0.717) is 17.4 Å². The zero-order valence-electron chi connectivity index (χ0n) is 14.0. The van der Waals surface area contributed by atoms with Crippen LogP contribution < -0.4 is 0 Å². The molecule has 1 aliphatic rings. The number of hydrogen-bond donors (Lipinski definition) is 0. The highest BCUT2D eigenvalue weighted by Crippen LogP contribution is 2.22. The third-order valence-electron chi connectivity index (χ3n) is 4.59. The molecule has 0 saturated carbocycles. The normalized spacial score (nSPS) is 17.3. The molecule has 122 valence electrons. The lowest BCUT2D eigenvalue weighted by molar-refractivity contribution is 0.0580. The van der Waals surface area contributed by atoms with E-state index in [2.05, 4.69) is 22.9 Å². The van der Waals surface area contributed by atoms with Crippen LogP contribution >= 0.6 is 0 Å². The van der Waals surface area contributed by atoms with Crippen LogP contribution in [0.1, 0.15) is 40.4 Å². The fraction of sp³-hybridized carbons (Fsp3) is 0.444. The van der Waals surface area contributed by atoms with Crippen LogP contribution in [-0.4, -0.2) is 46.9 Å². The fourth-order valence-corrected chi connectivity index (χ4v) is 3.16. The van der Waals surface area contributed by atoms with Crippen LogP contribution in [0, 0.1) is 13.8 Å². The number of amides is 1. The summed E-state index contributed by atoms with van der Waals surface area (Å²) in [5.41, 5.74) is 1.91. The molecule has 0 aromatic carbocycles. The van der Waals surface area contributed by atoms with E-state index in [1.807, 2.05) is 37.1 Å². The molecule has 0 spiro atoms. The predicted octanol–water partition coefficient (Wildman–Crippen LogP) is 2.81. The third kappa shape index (κ3) is 3.29. The number of carbonyl (C=O) groups excluding carboxylic acids is 1. The zero-order chi connectivity index (χ0) is 16.4. The van der Waals surface area contributed by atoms with Crippen LogP contribution in [0.25, 0.3) is 0 Å². The Labute approximate surface area is 136 Å². The topological polar surface area (TPSA) is 49.6 Å². The summed E-state index contributed by atoms with van der Waals surface area (Å²) in [6.07, 6.45) is 3.71. The zero-order valence-corrected chi connectivity index (χ0v) is 14.0. The first-order valence-corrected chi connectivity index (χ1v) is 8.06. The van der Waals surface area contributed by atoms with Crippen molar-refractivity contribution in [1.29, 1.82) is 0 Å². The second-order valence-corrected chi connectivity index (χ2v) is 6.12. The molecule has 3 heterocycles. The van der Waals surface area contributed by atoms with Gasteiger partial charge in [-0.1, -0.05) is 6.07 Å². The van der Waals surface area contributed by atoms with Gasteiger partial charge >= 0.3 is 0 Å². The molecule has 1 amide bonds. The Morgan fingerprint density at radius 2 is 2.00 bits per heavy atom. The van der Waals surface area contributed by atoms with E-state index >= 15 is 0 Å². The van der Waals surface area contributed by atoms with Crippen LogP contribution in [-0.2, 0) is 0 Å². The van der Waals surface area contributed by atoms with Gasteiger partial charge in [0, 0.05) is 44.6 Å². The third-order valence-corrected chi connectivity index (χ3v) is 4.59. The maximum absolute atomic E-state index is 12.6. The molecule has 1 fully saturated rings. The van der Waals surface area contributed by atoms with Gasteiger partial charge in [0.1, 0.15) is 11.5 Å². The average Bonchev–Trinajstić information content (AvgIpc) is 2.93.